The van der Waals surface area contributed by atoms with Crippen molar-refractivity contribution in [3.05, 3.63) is 24.0 Å². The monoisotopic (exact) mass is 398 g/mol. The van der Waals surface area contributed by atoms with Gasteiger partial charge in [-0.05, 0) is 24.6 Å². The number of unbranched alkanes of at least 4 members (excludes halogenated alkanes) is 1. The maximum Gasteiger partial charge on any atom is 0.238 e. The summed E-state index contributed by atoms with van der Waals surface area (Å²) in [5.41, 5.74) is 7.12. The maximum atomic E-state index is 11.6. The Balaban J connectivity index is 1.96. The Morgan fingerprint density at radius 1 is 1.32 bits per heavy atom. The molecule has 0 spiro atoms. The third-order valence-corrected chi connectivity index (χ3v) is 6.40. The quantitative estimate of drug-likeness (QED) is 0.583. The average molecular weight is 399 g/mol. The summed E-state index contributed by atoms with van der Waals surface area (Å²) >= 11 is 2.83. The minimum atomic E-state index is -3.75. The van der Waals surface area contributed by atoms with Crippen LogP contribution in [0.5, 0.6) is 0 Å². The van der Waals surface area contributed by atoms with E-state index in [1.54, 1.807) is 6.07 Å². The van der Waals surface area contributed by atoms with Gasteiger partial charge in [0.25, 0.3) is 0 Å². The van der Waals surface area contributed by atoms with Gasteiger partial charge in [0.15, 0.2) is 4.34 Å². The molecule has 3 aromatic rings. The molecule has 0 saturated carbocycles. The normalized spacial score (nSPS) is 12.1. The van der Waals surface area contributed by atoms with Crippen molar-refractivity contribution in [1.29, 1.82) is 0 Å². The molecule has 0 amide bonds. The number of imidazole rings is 1. The van der Waals surface area contributed by atoms with Crippen LogP contribution in [0.4, 0.5) is 5.13 Å². The van der Waals surface area contributed by atoms with Crippen LogP contribution >= 0.6 is 23.1 Å². The van der Waals surface area contributed by atoms with E-state index in [4.69, 9.17) is 10.9 Å². The first-order chi connectivity index (χ1) is 11.9. The fourth-order valence-corrected chi connectivity index (χ4v) is 4.53. The van der Waals surface area contributed by atoms with Gasteiger partial charge in [0.1, 0.15) is 5.82 Å². The van der Waals surface area contributed by atoms with E-state index in [0.29, 0.717) is 16.4 Å². The predicted molar refractivity (Wildman–Crippen MR) is 99.9 cm³/mol. The maximum absolute atomic E-state index is 11.6. The summed E-state index contributed by atoms with van der Waals surface area (Å²) in [5, 5.41) is 13.4. The summed E-state index contributed by atoms with van der Waals surface area (Å²) in [6.07, 6.45) is 2.06. The first kappa shape index (κ1) is 18.1. The molecule has 0 fully saturated rings. The minimum absolute atomic E-state index is 0.0660. The van der Waals surface area contributed by atoms with Crippen molar-refractivity contribution < 1.29 is 8.42 Å². The van der Waals surface area contributed by atoms with Crippen molar-refractivity contribution in [2.75, 3.05) is 5.73 Å². The topological polar surface area (TPSA) is 130 Å². The lowest BCUT2D eigenvalue weighted by atomic mass is 10.3. The van der Waals surface area contributed by atoms with E-state index in [2.05, 4.69) is 26.7 Å². The number of aryl methyl sites for hydroxylation is 1. The van der Waals surface area contributed by atoms with E-state index in [1.165, 1.54) is 35.2 Å². The Labute approximate surface area is 153 Å². The molecule has 2 heterocycles. The zero-order valence-corrected chi connectivity index (χ0v) is 16.0. The van der Waals surface area contributed by atoms with Crippen LogP contribution in [-0.2, 0) is 22.3 Å². The molecule has 0 unspecified atom stereocenters. The van der Waals surface area contributed by atoms with Crippen molar-refractivity contribution in [3.63, 3.8) is 0 Å². The number of nitrogen functional groups attached to an aromatic ring is 1. The molecule has 1 aromatic carbocycles. The number of nitrogens with two attached hydrogens (primary N) is 2. The summed E-state index contributed by atoms with van der Waals surface area (Å²) in [6.45, 7) is 2.94. The largest absolute Gasteiger partial charge is 0.374 e. The lowest BCUT2D eigenvalue weighted by Crippen LogP contribution is -2.11. The number of rotatable bonds is 7. The highest BCUT2D eigenvalue weighted by molar-refractivity contribution is 8.00. The molecule has 0 aliphatic carbocycles. The number of nitrogens with zero attached hydrogens (tertiary/aromatic N) is 4. The highest BCUT2D eigenvalue weighted by atomic mass is 32.2. The van der Waals surface area contributed by atoms with Crippen LogP contribution < -0.4 is 10.9 Å². The third-order valence-electron chi connectivity index (χ3n) is 3.61. The standard InChI is InChI=1S/C14H18N6O2S3/c1-2-3-6-20-11-5-4-9(25(16,21)22)7-10(11)17-12(20)8-23-14-19-18-13(15)24-14/h4-5,7H,2-3,6,8H2,1H3,(H2,15,18)(H2,16,21,22). The van der Waals surface area contributed by atoms with E-state index < -0.39 is 10.0 Å². The van der Waals surface area contributed by atoms with Gasteiger partial charge in [0, 0.05) is 6.54 Å². The van der Waals surface area contributed by atoms with Crippen LogP contribution in [0.25, 0.3) is 11.0 Å². The zero-order chi connectivity index (χ0) is 18.0. The summed E-state index contributed by atoms with van der Waals surface area (Å²) in [6, 6.07) is 4.79. The molecule has 0 aliphatic heterocycles. The number of benzene rings is 1. The molecule has 8 nitrogen and oxygen atoms in total. The lowest BCUT2D eigenvalue weighted by molar-refractivity contribution is 0.598. The van der Waals surface area contributed by atoms with Crippen LogP contribution in [0.15, 0.2) is 27.4 Å². The molecule has 0 aliphatic rings. The Kier molecular flexibility index (Phi) is 5.27. The van der Waals surface area contributed by atoms with Crippen LogP contribution in [0.1, 0.15) is 25.6 Å². The van der Waals surface area contributed by atoms with Gasteiger partial charge >= 0.3 is 0 Å². The van der Waals surface area contributed by atoms with Gasteiger partial charge in [-0.3, -0.25) is 0 Å². The number of thioether (sulfide) groups is 1. The van der Waals surface area contributed by atoms with Crippen LogP contribution in [-0.4, -0.2) is 28.2 Å². The van der Waals surface area contributed by atoms with Crippen LogP contribution in [0, 0.1) is 0 Å². The second-order valence-corrected chi connectivity index (χ2v) is 9.22. The summed E-state index contributed by atoms with van der Waals surface area (Å²) < 4.78 is 26.0. The van der Waals surface area contributed by atoms with Crippen molar-refractivity contribution in [2.45, 2.75) is 41.3 Å². The summed E-state index contributed by atoms with van der Waals surface area (Å²) in [4.78, 5) is 4.67. The Morgan fingerprint density at radius 3 is 2.76 bits per heavy atom. The second-order valence-electron chi connectivity index (χ2n) is 5.42. The van der Waals surface area contributed by atoms with Gasteiger partial charge in [0.2, 0.25) is 15.2 Å². The van der Waals surface area contributed by atoms with E-state index >= 15 is 0 Å². The fourth-order valence-electron chi connectivity index (χ4n) is 2.42. The van der Waals surface area contributed by atoms with Gasteiger partial charge in [0.05, 0.1) is 21.7 Å². The average Bonchev–Trinajstić information content (AvgIpc) is 3.12. The van der Waals surface area contributed by atoms with Gasteiger partial charge in [-0.1, -0.05) is 36.4 Å². The van der Waals surface area contributed by atoms with Crippen molar-refractivity contribution in [2.24, 2.45) is 5.14 Å². The van der Waals surface area contributed by atoms with Crippen LogP contribution in [0.3, 0.4) is 0 Å². The van der Waals surface area contributed by atoms with E-state index in [9.17, 15) is 8.42 Å². The highest BCUT2D eigenvalue weighted by Crippen LogP contribution is 2.29. The van der Waals surface area contributed by atoms with Crippen molar-refractivity contribution >= 4 is 49.3 Å². The number of sulfonamides is 1. The summed E-state index contributed by atoms with van der Waals surface area (Å²) in [7, 11) is -3.75. The lowest BCUT2D eigenvalue weighted by Gasteiger charge is -2.08. The van der Waals surface area contributed by atoms with E-state index in [1.807, 2.05) is 0 Å². The van der Waals surface area contributed by atoms with E-state index in [0.717, 1.165) is 35.1 Å². The Morgan fingerprint density at radius 2 is 2.12 bits per heavy atom. The SMILES string of the molecule is CCCCn1c(CSc2nnc(N)s2)nc2cc(S(N)(=O)=O)ccc21. The number of hydrogen-bond donors (Lipinski definition) is 2. The molecule has 0 bridgehead atoms. The van der Waals surface area contributed by atoms with E-state index in [-0.39, 0.29) is 4.90 Å². The minimum Gasteiger partial charge on any atom is -0.374 e. The molecule has 3 rings (SSSR count). The number of primary sulfonamides is 1. The zero-order valence-electron chi connectivity index (χ0n) is 13.5. The molecule has 134 valence electrons. The molecule has 25 heavy (non-hydrogen) atoms. The first-order valence-electron chi connectivity index (χ1n) is 7.62. The summed E-state index contributed by atoms with van der Waals surface area (Å²) in [5.74, 6) is 1.45. The number of fused-ring (bicyclic) bond motifs is 1. The highest BCUT2D eigenvalue weighted by Gasteiger charge is 2.15. The molecular formula is C14H18N6O2S3. The second kappa shape index (κ2) is 7.28. The Bertz CT molecular complexity index is 995. The van der Waals surface area contributed by atoms with Crippen molar-refractivity contribution in [1.82, 2.24) is 19.7 Å². The van der Waals surface area contributed by atoms with Gasteiger partial charge in [-0.25, -0.2) is 18.5 Å². The third kappa shape index (κ3) is 4.11. The van der Waals surface area contributed by atoms with Gasteiger partial charge < -0.3 is 10.3 Å². The number of aromatic nitrogens is 4. The van der Waals surface area contributed by atoms with Crippen molar-refractivity contribution in [3.8, 4) is 0 Å². The predicted octanol–water partition coefficient (Wildman–Crippen LogP) is 2.21. The molecule has 4 N–H and O–H groups in total. The molecule has 0 atom stereocenters. The molecule has 11 heteroatoms. The number of hydrogen-bond acceptors (Lipinski definition) is 8. The molecule has 0 saturated heterocycles. The first-order valence-corrected chi connectivity index (χ1v) is 11.0. The van der Waals surface area contributed by atoms with Crippen LogP contribution in [0.2, 0.25) is 0 Å². The van der Waals surface area contributed by atoms with Gasteiger partial charge in [-0.2, -0.15) is 0 Å². The molecule has 2 aromatic heterocycles. The molecular weight excluding hydrogens is 380 g/mol. The number of anilines is 1. The smallest absolute Gasteiger partial charge is 0.238 e. The Hall–Kier alpha value is -1.69. The fraction of sp³-hybridized carbons (Fsp3) is 0.357. The molecule has 0 radical (unpaired) electrons. The van der Waals surface area contributed by atoms with Gasteiger partial charge in [-0.15, -0.1) is 10.2 Å².